The fourth-order valence-corrected chi connectivity index (χ4v) is 6.54. The van der Waals surface area contributed by atoms with Crippen LogP contribution >= 0.6 is 7.82 Å². The molecule has 1 N–H and O–H groups in total. The normalized spacial score (nSPS) is 14.2. The van der Waals surface area contributed by atoms with Gasteiger partial charge in [0.15, 0.2) is 0 Å². The van der Waals surface area contributed by atoms with E-state index < -0.39 is 13.9 Å². The zero-order valence-electron chi connectivity index (χ0n) is 35.3. The average molecular weight is 771 g/mol. The molecule has 53 heavy (non-hydrogen) atoms. The van der Waals surface area contributed by atoms with E-state index in [4.69, 9.17) is 18.5 Å². The first-order valence-electron chi connectivity index (χ1n) is 21.7. The highest BCUT2D eigenvalue weighted by atomic mass is 31.2. The van der Waals surface area contributed by atoms with Crippen molar-refractivity contribution in [2.24, 2.45) is 0 Å². The van der Waals surface area contributed by atoms with Crippen molar-refractivity contribution in [3.05, 3.63) is 36.5 Å². The summed E-state index contributed by atoms with van der Waals surface area (Å²) in [6, 6.07) is 0. The van der Waals surface area contributed by atoms with Gasteiger partial charge in [-0.1, -0.05) is 159 Å². The number of phosphoric acid groups is 1. The molecule has 2 atom stereocenters. The van der Waals surface area contributed by atoms with E-state index in [0.717, 1.165) is 44.9 Å². The second kappa shape index (κ2) is 37.6. The Labute approximate surface area is 327 Å². The molecule has 0 aliphatic carbocycles. The summed E-state index contributed by atoms with van der Waals surface area (Å²) >= 11 is 0. The highest BCUT2D eigenvalue weighted by Gasteiger charge is 2.26. The van der Waals surface area contributed by atoms with Crippen LogP contribution in [0.15, 0.2) is 36.5 Å². The standard InChI is InChI=1S/C44H84NO7P/c1-6-8-10-12-14-15-16-17-18-19-20-21-22-23-24-25-26-27-28-29-30-32-34-36-39-49-41-43(42-51-53(47,48)50-40-38-45(3,4)5)52-44(46)37-35-33-31-13-11-9-7-2/h16-17,19-20,22-23,43H,6-15,18,21,24-42H2,1-5H3/p+1/b17-16-,20-19-,23-22-. The van der Waals surface area contributed by atoms with E-state index >= 15 is 0 Å². The number of unbranched alkanes of at least 4 members (excludes halogenated alkanes) is 20. The van der Waals surface area contributed by atoms with Gasteiger partial charge < -0.3 is 18.9 Å². The number of rotatable bonds is 40. The maximum absolute atomic E-state index is 12.5. The summed E-state index contributed by atoms with van der Waals surface area (Å²) in [5.41, 5.74) is 0. The van der Waals surface area contributed by atoms with Crippen LogP contribution in [0.2, 0.25) is 0 Å². The van der Waals surface area contributed by atoms with Gasteiger partial charge in [-0.05, 0) is 51.4 Å². The Morgan fingerprint density at radius 1 is 0.585 bits per heavy atom. The highest BCUT2D eigenvalue weighted by Crippen LogP contribution is 2.43. The van der Waals surface area contributed by atoms with Crippen molar-refractivity contribution in [2.75, 3.05) is 54.1 Å². The topological polar surface area (TPSA) is 91.3 Å². The number of esters is 1. The molecule has 0 heterocycles. The number of hydrogen-bond acceptors (Lipinski definition) is 6. The Hall–Kier alpha value is -1.28. The summed E-state index contributed by atoms with van der Waals surface area (Å²) in [4.78, 5) is 22.7. The largest absolute Gasteiger partial charge is 0.472 e. The van der Waals surface area contributed by atoms with Gasteiger partial charge in [-0.25, -0.2) is 4.57 Å². The molecule has 0 aromatic heterocycles. The van der Waals surface area contributed by atoms with Crippen LogP contribution < -0.4 is 0 Å². The van der Waals surface area contributed by atoms with E-state index in [0.29, 0.717) is 24.1 Å². The summed E-state index contributed by atoms with van der Waals surface area (Å²) in [7, 11) is 1.66. The average Bonchev–Trinajstić information content (AvgIpc) is 3.11. The number of carbonyl (C=O) groups is 1. The van der Waals surface area contributed by atoms with Gasteiger partial charge in [-0.3, -0.25) is 13.8 Å². The van der Waals surface area contributed by atoms with Gasteiger partial charge in [0.05, 0.1) is 34.4 Å². The fourth-order valence-electron chi connectivity index (χ4n) is 5.79. The lowest BCUT2D eigenvalue weighted by molar-refractivity contribution is -0.870. The lowest BCUT2D eigenvalue weighted by atomic mass is 10.1. The van der Waals surface area contributed by atoms with E-state index in [9.17, 15) is 14.3 Å². The molecule has 0 saturated heterocycles. The van der Waals surface area contributed by atoms with Crippen LogP contribution in [0.25, 0.3) is 0 Å². The minimum Gasteiger partial charge on any atom is -0.457 e. The van der Waals surface area contributed by atoms with Gasteiger partial charge in [0, 0.05) is 13.0 Å². The fraction of sp³-hybridized carbons (Fsp3) is 0.841. The van der Waals surface area contributed by atoms with Crippen LogP contribution in [0.4, 0.5) is 0 Å². The van der Waals surface area contributed by atoms with Gasteiger partial charge in [0.2, 0.25) is 0 Å². The molecule has 8 nitrogen and oxygen atoms in total. The molecule has 0 aliphatic heterocycles. The Morgan fingerprint density at radius 2 is 1.04 bits per heavy atom. The Morgan fingerprint density at radius 3 is 1.55 bits per heavy atom. The minimum atomic E-state index is -4.26. The Balaban J connectivity index is 4.04. The molecule has 2 unspecified atom stereocenters. The number of hydrogen-bond donors (Lipinski definition) is 1. The summed E-state index contributed by atoms with van der Waals surface area (Å²) in [5.74, 6) is -0.323. The van der Waals surface area contributed by atoms with Gasteiger partial charge in [0.1, 0.15) is 19.3 Å². The first-order valence-corrected chi connectivity index (χ1v) is 23.2. The van der Waals surface area contributed by atoms with Crippen molar-refractivity contribution in [1.82, 2.24) is 0 Å². The first kappa shape index (κ1) is 51.7. The lowest BCUT2D eigenvalue weighted by Gasteiger charge is -2.24. The van der Waals surface area contributed by atoms with Crippen molar-refractivity contribution >= 4 is 13.8 Å². The molecule has 0 spiro atoms. The van der Waals surface area contributed by atoms with E-state index in [-0.39, 0.29) is 25.8 Å². The number of quaternary nitrogens is 1. The predicted molar refractivity (Wildman–Crippen MR) is 224 cm³/mol. The third-order valence-corrected chi connectivity index (χ3v) is 10.2. The SMILES string of the molecule is CCCCCCC/C=C\C/C=C\C/C=C\CCCCCCCCCCCOCC(COP(=O)(O)OCC[N+](C)(C)C)OC(=O)CCCCCCCCC. The summed E-state index contributed by atoms with van der Waals surface area (Å²) in [6.45, 7) is 5.56. The smallest absolute Gasteiger partial charge is 0.457 e. The minimum absolute atomic E-state index is 0.0877. The highest BCUT2D eigenvalue weighted by molar-refractivity contribution is 7.47. The molecule has 0 radical (unpaired) electrons. The first-order chi connectivity index (χ1) is 25.6. The van der Waals surface area contributed by atoms with Crippen molar-refractivity contribution < 1.29 is 37.3 Å². The van der Waals surface area contributed by atoms with Crippen molar-refractivity contribution in [3.63, 3.8) is 0 Å². The molecule has 0 fully saturated rings. The zero-order valence-corrected chi connectivity index (χ0v) is 36.1. The molecular weight excluding hydrogens is 685 g/mol. The van der Waals surface area contributed by atoms with Gasteiger partial charge in [-0.2, -0.15) is 0 Å². The Kier molecular flexibility index (Phi) is 36.7. The molecule has 9 heteroatoms. The predicted octanol–water partition coefficient (Wildman–Crippen LogP) is 12.6. The maximum Gasteiger partial charge on any atom is 0.472 e. The van der Waals surface area contributed by atoms with E-state index in [1.165, 1.54) is 116 Å². The van der Waals surface area contributed by atoms with Gasteiger partial charge >= 0.3 is 13.8 Å². The number of allylic oxidation sites excluding steroid dienone is 6. The molecule has 0 aliphatic rings. The second-order valence-corrected chi connectivity index (χ2v) is 17.2. The lowest BCUT2D eigenvalue weighted by Crippen LogP contribution is -2.37. The quantitative estimate of drug-likeness (QED) is 0.0218. The zero-order chi connectivity index (χ0) is 39.1. The molecule has 0 saturated carbocycles. The monoisotopic (exact) mass is 771 g/mol. The van der Waals surface area contributed by atoms with Crippen molar-refractivity contribution in [1.29, 1.82) is 0 Å². The number of ether oxygens (including phenoxy) is 2. The van der Waals surface area contributed by atoms with Crippen LogP contribution in [-0.2, 0) is 27.9 Å². The van der Waals surface area contributed by atoms with Crippen molar-refractivity contribution in [3.8, 4) is 0 Å². The van der Waals surface area contributed by atoms with Crippen molar-refractivity contribution in [2.45, 2.75) is 187 Å². The van der Waals surface area contributed by atoms with E-state index in [1.54, 1.807) is 0 Å². The van der Waals surface area contributed by atoms with Crippen LogP contribution in [0.3, 0.4) is 0 Å². The number of nitrogens with zero attached hydrogens (tertiary/aromatic N) is 1. The molecular formula is C44H85NO7P+. The molecule has 0 aromatic carbocycles. The van der Waals surface area contributed by atoms with Gasteiger partial charge in [-0.15, -0.1) is 0 Å². The third kappa shape index (κ3) is 41.7. The van der Waals surface area contributed by atoms with Crippen LogP contribution in [0.5, 0.6) is 0 Å². The molecule has 312 valence electrons. The summed E-state index contributed by atoms with van der Waals surface area (Å²) in [5, 5.41) is 0. The van der Waals surface area contributed by atoms with Crippen LogP contribution in [0, 0.1) is 0 Å². The van der Waals surface area contributed by atoms with Gasteiger partial charge in [0.25, 0.3) is 0 Å². The Bertz CT molecular complexity index is 947. The molecule has 0 bridgehead atoms. The van der Waals surface area contributed by atoms with E-state index in [2.05, 4.69) is 50.3 Å². The third-order valence-electron chi connectivity index (χ3n) is 9.20. The van der Waals surface area contributed by atoms with Crippen LogP contribution in [-0.4, -0.2) is 75.6 Å². The number of carbonyl (C=O) groups excluding carboxylic acids is 1. The van der Waals surface area contributed by atoms with E-state index in [1.807, 2.05) is 21.1 Å². The maximum atomic E-state index is 12.5. The summed E-state index contributed by atoms with van der Waals surface area (Å²) < 4.78 is 34.8. The molecule has 0 aromatic rings. The molecule has 0 rings (SSSR count). The number of phosphoric ester groups is 1. The number of likely N-dealkylation sites (N-methyl/N-ethyl adjacent to an activating group) is 1. The summed E-state index contributed by atoms with van der Waals surface area (Å²) in [6.07, 6.45) is 43.4. The second-order valence-electron chi connectivity index (χ2n) is 15.7. The van der Waals surface area contributed by atoms with Crippen LogP contribution in [0.1, 0.15) is 181 Å². The molecule has 0 amide bonds.